The monoisotopic (exact) mass is 234 g/mol. The van der Waals surface area contributed by atoms with Crippen LogP contribution >= 0.6 is 0 Å². The molecule has 1 rings (SSSR count). The molecule has 0 fully saturated rings. The number of allylic oxidation sites excluding steroid dienone is 1. The minimum Gasteiger partial charge on any atom is -0.508 e. The molecule has 0 aliphatic heterocycles. The third-order valence-electron chi connectivity index (χ3n) is 2.82. The Morgan fingerprint density at radius 2 is 2.00 bits per heavy atom. The lowest BCUT2D eigenvalue weighted by Gasteiger charge is -2.13. The summed E-state index contributed by atoms with van der Waals surface area (Å²) in [6, 6.07) is 5.79. The minimum absolute atomic E-state index is 0.333. The summed E-state index contributed by atoms with van der Waals surface area (Å²) in [6.45, 7) is 7.51. The average Bonchev–Trinajstić information content (AvgIpc) is 2.20. The Hall–Kier alpha value is -1.28. The first kappa shape index (κ1) is 13.8. The predicted octanol–water partition coefficient (Wildman–Crippen LogP) is 3.52. The van der Waals surface area contributed by atoms with E-state index < -0.39 is 5.60 Å². The van der Waals surface area contributed by atoms with Gasteiger partial charge in [-0.2, -0.15) is 0 Å². The fourth-order valence-corrected chi connectivity index (χ4v) is 1.63. The van der Waals surface area contributed by atoms with E-state index >= 15 is 0 Å². The van der Waals surface area contributed by atoms with Crippen molar-refractivity contribution in [3.05, 3.63) is 41.5 Å². The first-order valence-corrected chi connectivity index (χ1v) is 5.99. The van der Waals surface area contributed by atoms with Gasteiger partial charge in [-0.3, -0.25) is 0 Å². The van der Waals surface area contributed by atoms with Crippen LogP contribution in [0.15, 0.2) is 30.4 Å². The molecule has 1 aromatic carbocycles. The lowest BCUT2D eigenvalue weighted by molar-refractivity contribution is 0.133. The van der Waals surface area contributed by atoms with Crippen LogP contribution in [-0.4, -0.2) is 15.8 Å². The Morgan fingerprint density at radius 3 is 2.53 bits per heavy atom. The Labute approximate surface area is 104 Å². The molecule has 0 bridgehead atoms. The maximum absolute atomic E-state index is 9.65. The van der Waals surface area contributed by atoms with Crippen molar-refractivity contribution in [2.45, 2.75) is 45.6 Å². The van der Waals surface area contributed by atoms with Crippen molar-refractivity contribution in [1.29, 1.82) is 0 Å². The second kappa shape index (κ2) is 5.37. The van der Waals surface area contributed by atoms with Crippen LogP contribution in [0.2, 0.25) is 0 Å². The molecular weight excluding hydrogens is 212 g/mol. The summed E-state index contributed by atoms with van der Waals surface area (Å²) in [5.74, 6) is 0.681. The quantitative estimate of drug-likeness (QED) is 0.782. The zero-order chi connectivity index (χ0) is 13.1. The molecule has 1 unspecified atom stereocenters. The number of phenolic OH excluding ortho intramolecular Hbond substituents is 1. The molecule has 0 radical (unpaired) electrons. The summed E-state index contributed by atoms with van der Waals surface area (Å²) in [7, 11) is 0. The summed E-state index contributed by atoms with van der Waals surface area (Å²) >= 11 is 0. The molecular formula is C15H22O2. The number of aromatic hydroxyl groups is 1. The number of aryl methyl sites for hydroxylation is 1. The second-order valence-electron chi connectivity index (χ2n) is 5.24. The highest BCUT2D eigenvalue weighted by molar-refractivity contribution is 5.36. The topological polar surface area (TPSA) is 40.5 Å². The highest BCUT2D eigenvalue weighted by Crippen LogP contribution is 2.25. The molecule has 1 atom stereocenters. The van der Waals surface area contributed by atoms with Crippen LogP contribution in [-0.2, 0) is 0 Å². The summed E-state index contributed by atoms with van der Waals surface area (Å²) < 4.78 is 0. The van der Waals surface area contributed by atoms with E-state index in [4.69, 9.17) is 0 Å². The number of hydrogen-bond acceptors (Lipinski definition) is 2. The highest BCUT2D eigenvalue weighted by atomic mass is 16.3. The molecule has 17 heavy (non-hydrogen) atoms. The van der Waals surface area contributed by atoms with E-state index in [0.717, 1.165) is 17.5 Å². The van der Waals surface area contributed by atoms with Crippen LogP contribution in [0.1, 0.15) is 44.2 Å². The Balaban J connectivity index is 2.67. The summed E-state index contributed by atoms with van der Waals surface area (Å²) in [5.41, 5.74) is 1.26. The lowest BCUT2D eigenvalue weighted by atomic mass is 9.95. The normalized spacial score (nSPS) is 14.2. The van der Waals surface area contributed by atoms with Crippen molar-refractivity contribution in [1.82, 2.24) is 0 Å². The van der Waals surface area contributed by atoms with Gasteiger partial charge in [0.25, 0.3) is 0 Å². The van der Waals surface area contributed by atoms with E-state index in [1.165, 1.54) is 0 Å². The summed E-state index contributed by atoms with van der Waals surface area (Å²) in [5, 5.41) is 19.2. The van der Waals surface area contributed by atoms with Gasteiger partial charge in [-0.05, 0) is 50.3 Å². The number of rotatable bonds is 4. The number of benzene rings is 1. The van der Waals surface area contributed by atoms with Gasteiger partial charge in [-0.25, -0.2) is 0 Å². The number of hydrogen-bond donors (Lipinski definition) is 2. The standard InChI is InChI=1S/C15H22O2/c1-11(6-5-9-15(3,4)17)13-8-7-12(2)14(16)10-13/h5,7-11,16-17H,6H2,1-4H3/b9-5+. The fourth-order valence-electron chi connectivity index (χ4n) is 1.63. The van der Waals surface area contributed by atoms with Gasteiger partial charge >= 0.3 is 0 Å². The van der Waals surface area contributed by atoms with Crippen molar-refractivity contribution in [2.24, 2.45) is 0 Å². The molecule has 2 nitrogen and oxygen atoms in total. The molecule has 0 heterocycles. The smallest absolute Gasteiger partial charge is 0.118 e. The Bertz CT molecular complexity index is 400. The van der Waals surface area contributed by atoms with Gasteiger partial charge in [0.05, 0.1) is 5.60 Å². The van der Waals surface area contributed by atoms with Crippen LogP contribution in [0.25, 0.3) is 0 Å². The predicted molar refractivity (Wildman–Crippen MR) is 71.3 cm³/mol. The Morgan fingerprint density at radius 1 is 1.35 bits per heavy atom. The largest absolute Gasteiger partial charge is 0.508 e. The van der Waals surface area contributed by atoms with Crippen molar-refractivity contribution in [2.75, 3.05) is 0 Å². The molecule has 2 N–H and O–H groups in total. The molecule has 0 aliphatic rings. The molecule has 0 amide bonds. The number of phenols is 1. The number of aliphatic hydroxyl groups is 1. The van der Waals surface area contributed by atoms with Crippen LogP contribution < -0.4 is 0 Å². The van der Waals surface area contributed by atoms with Crippen LogP contribution in [0.5, 0.6) is 5.75 Å². The van der Waals surface area contributed by atoms with Gasteiger partial charge in [0, 0.05) is 0 Å². The van der Waals surface area contributed by atoms with Gasteiger partial charge in [-0.15, -0.1) is 0 Å². The SMILES string of the molecule is Cc1ccc(C(C)C/C=C/C(C)(C)O)cc1O. The van der Waals surface area contributed by atoms with E-state index in [1.54, 1.807) is 19.9 Å². The van der Waals surface area contributed by atoms with Crippen molar-refractivity contribution in [3.8, 4) is 5.75 Å². The van der Waals surface area contributed by atoms with Gasteiger partial charge < -0.3 is 10.2 Å². The van der Waals surface area contributed by atoms with Gasteiger partial charge in [0.1, 0.15) is 5.75 Å². The molecule has 0 aromatic heterocycles. The zero-order valence-electron chi connectivity index (χ0n) is 11.1. The second-order valence-corrected chi connectivity index (χ2v) is 5.24. The molecule has 0 spiro atoms. The lowest BCUT2D eigenvalue weighted by Crippen LogP contribution is -2.13. The first-order valence-electron chi connectivity index (χ1n) is 5.99. The summed E-state index contributed by atoms with van der Waals surface area (Å²) in [6.07, 6.45) is 4.64. The molecule has 94 valence electrons. The molecule has 1 aromatic rings. The van der Waals surface area contributed by atoms with Gasteiger partial charge in [0.2, 0.25) is 0 Å². The summed E-state index contributed by atoms with van der Waals surface area (Å²) in [4.78, 5) is 0. The molecule has 0 saturated heterocycles. The van der Waals surface area contributed by atoms with Crippen LogP contribution in [0.4, 0.5) is 0 Å². The maximum atomic E-state index is 9.65. The van der Waals surface area contributed by atoms with Gasteiger partial charge in [0.15, 0.2) is 0 Å². The van der Waals surface area contributed by atoms with Crippen molar-refractivity contribution >= 4 is 0 Å². The fraction of sp³-hybridized carbons (Fsp3) is 0.467. The third-order valence-corrected chi connectivity index (χ3v) is 2.82. The maximum Gasteiger partial charge on any atom is 0.118 e. The molecule has 0 aliphatic carbocycles. The van der Waals surface area contributed by atoms with E-state index in [2.05, 4.69) is 6.92 Å². The van der Waals surface area contributed by atoms with Gasteiger partial charge in [-0.1, -0.05) is 31.2 Å². The van der Waals surface area contributed by atoms with E-state index in [0.29, 0.717) is 11.7 Å². The van der Waals surface area contributed by atoms with Crippen LogP contribution in [0.3, 0.4) is 0 Å². The van der Waals surface area contributed by atoms with E-state index in [-0.39, 0.29) is 0 Å². The third kappa shape index (κ3) is 4.61. The van der Waals surface area contributed by atoms with Crippen LogP contribution in [0, 0.1) is 6.92 Å². The zero-order valence-corrected chi connectivity index (χ0v) is 11.1. The van der Waals surface area contributed by atoms with Crippen molar-refractivity contribution in [3.63, 3.8) is 0 Å². The minimum atomic E-state index is -0.755. The molecule has 2 heteroatoms. The Kier molecular flexibility index (Phi) is 4.35. The first-order chi connectivity index (χ1) is 7.79. The van der Waals surface area contributed by atoms with E-state index in [9.17, 15) is 10.2 Å². The van der Waals surface area contributed by atoms with E-state index in [1.807, 2.05) is 31.2 Å². The van der Waals surface area contributed by atoms with Crippen molar-refractivity contribution < 1.29 is 10.2 Å². The highest BCUT2D eigenvalue weighted by Gasteiger charge is 2.08. The molecule has 0 saturated carbocycles. The average molecular weight is 234 g/mol.